The number of aryl methyl sites for hydroxylation is 3. The fraction of sp³-hybridized carbons (Fsp3) is 0.360. The molecule has 1 aromatic heterocycles. The monoisotopic (exact) mass is 469 g/mol. The van der Waals surface area contributed by atoms with Crippen LogP contribution in [0.1, 0.15) is 48.2 Å². The number of imidazole rings is 1. The van der Waals surface area contributed by atoms with E-state index in [0.717, 1.165) is 5.56 Å². The number of hydrogen-bond acceptors (Lipinski definition) is 4. The Labute approximate surface area is 193 Å². The average molecular weight is 470 g/mol. The van der Waals surface area contributed by atoms with Gasteiger partial charge in [-0.25, -0.2) is 17.8 Å². The van der Waals surface area contributed by atoms with Crippen LogP contribution in [0.5, 0.6) is 0 Å². The Morgan fingerprint density at radius 3 is 2.48 bits per heavy atom. The number of sulfone groups is 1. The molecule has 2 aromatic carbocycles. The van der Waals surface area contributed by atoms with Gasteiger partial charge in [-0.1, -0.05) is 31.0 Å². The van der Waals surface area contributed by atoms with Crippen molar-refractivity contribution in [1.29, 1.82) is 0 Å². The minimum atomic E-state index is -3.90. The maximum Gasteiger partial charge on any atom is 0.242 e. The number of halogens is 1. The van der Waals surface area contributed by atoms with E-state index in [1.54, 1.807) is 55.1 Å². The summed E-state index contributed by atoms with van der Waals surface area (Å²) >= 11 is 0. The molecule has 1 fully saturated rings. The standard InChI is InChI=1S/C25H28FN3O3S/c1-17-6-7-18(2)23(14-17)33(31,32)25(10-4-5-11-25)24(30)28-16-20-8-9-22(21(26)15-20)29-13-12-27-19(29)3/h6-9,12-15H,4-5,10-11,16H2,1-3H3,(H,28,30). The third-order valence-electron chi connectivity index (χ3n) is 6.52. The van der Waals surface area contributed by atoms with Crippen LogP contribution in [0.25, 0.3) is 5.69 Å². The average Bonchev–Trinajstić information content (AvgIpc) is 3.44. The van der Waals surface area contributed by atoms with Crippen molar-refractivity contribution in [2.24, 2.45) is 0 Å². The first-order valence-corrected chi connectivity index (χ1v) is 12.5. The van der Waals surface area contributed by atoms with Crippen LogP contribution in [0.3, 0.4) is 0 Å². The zero-order chi connectivity index (χ0) is 23.8. The fourth-order valence-electron chi connectivity index (χ4n) is 4.60. The summed E-state index contributed by atoms with van der Waals surface area (Å²) in [4.78, 5) is 17.7. The second-order valence-corrected chi connectivity index (χ2v) is 11.0. The van der Waals surface area contributed by atoms with Gasteiger partial charge in [-0.3, -0.25) is 4.79 Å². The largest absolute Gasteiger partial charge is 0.351 e. The van der Waals surface area contributed by atoms with Gasteiger partial charge >= 0.3 is 0 Å². The Balaban J connectivity index is 1.58. The van der Waals surface area contributed by atoms with Crippen molar-refractivity contribution in [2.45, 2.75) is 62.6 Å². The lowest BCUT2D eigenvalue weighted by molar-refractivity contribution is -0.123. The minimum Gasteiger partial charge on any atom is -0.351 e. The van der Waals surface area contributed by atoms with Crippen LogP contribution in [0.2, 0.25) is 0 Å². The van der Waals surface area contributed by atoms with Gasteiger partial charge in [0.05, 0.1) is 10.6 Å². The first kappa shape index (κ1) is 23.2. The second-order valence-electron chi connectivity index (χ2n) is 8.79. The molecule has 0 bridgehead atoms. The zero-order valence-corrected chi connectivity index (χ0v) is 19.9. The zero-order valence-electron chi connectivity index (χ0n) is 19.1. The number of rotatable bonds is 6. The molecule has 0 atom stereocenters. The van der Waals surface area contributed by atoms with E-state index in [1.165, 1.54) is 6.07 Å². The molecule has 6 nitrogen and oxygen atoms in total. The highest BCUT2D eigenvalue weighted by Crippen LogP contribution is 2.41. The molecule has 0 unspecified atom stereocenters. The van der Waals surface area contributed by atoms with E-state index < -0.39 is 26.3 Å². The van der Waals surface area contributed by atoms with Crippen molar-refractivity contribution < 1.29 is 17.6 Å². The van der Waals surface area contributed by atoms with Gasteiger partial charge in [0, 0.05) is 18.9 Å². The molecule has 1 N–H and O–H groups in total. The third-order valence-corrected chi connectivity index (χ3v) is 9.16. The molecule has 1 aliphatic carbocycles. The molecule has 33 heavy (non-hydrogen) atoms. The van der Waals surface area contributed by atoms with Gasteiger partial charge in [-0.2, -0.15) is 0 Å². The fourth-order valence-corrected chi connectivity index (χ4v) is 7.00. The van der Waals surface area contributed by atoms with E-state index in [1.807, 2.05) is 13.0 Å². The van der Waals surface area contributed by atoms with Gasteiger partial charge in [0.1, 0.15) is 11.6 Å². The van der Waals surface area contributed by atoms with Crippen molar-refractivity contribution in [1.82, 2.24) is 14.9 Å². The van der Waals surface area contributed by atoms with Crippen LogP contribution in [-0.2, 0) is 21.2 Å². The van der Waals surface area contributed by atoms with Gasteiger partial charge in [-0.15, -0.1) is 0 Å². The quantitative estimate of drug-likeness (QED) is 0.582. The van der Waals surface area contributed by atoms with Gasteiger partial charge in [-0.05, 0) is 68.5 Å². The van der Waals surface area contributed by atoms with Gasteiger partial charge in [0.15, 0.2) is 14.6 Å². The van der Waals surface area contributed by atoms with Crippen LogP contribution in [0.15, 0.2) is 53.7 Å². The summed E-state index contributed by atoms with van der Waals surface area (Å²) in [7, 11) is -3.90. The first-order chi connectivity index (χ1) is 15.7. The number of nitrogens with zero attached hydrogens (tertiary/aromatic N) is 2. The number of nitrogens with one attached hydrogen (secondary N) is 1. The van der Waals surface area contributed by atoms with Crippen molar-refractivity contribution in [3.8, 4) is 5.69 Å². The Bertz CT molecular complexity index is 1310. The second kappa shape index (κ2) is 8.74. The summed E-state index contributed by atoms with van der Waals surface area (Å²) in [6.45, 7) is 5.41. The Morgan fingerprint density at radius 1 is 1.12 bits per heavy atom. The molecule has 174 valence electrons. The molecule has 4 rings (SSSR count). The first-order valence-electron chi connectivity index (χ1n) is 11.0. The van der Waals surface area contributed by atoms with E-state index >= 15 is 0 Å². The molecular formula is C25H28FN3O3S. The predicted octanol–water partition coefficient (Wildman–Crippen LogP) is 4.34. The maximum atomic E-state index is 14.7. The van der Waals surface area contributed by atoms with E-state index in [4.69, 9.17) is 0 Å². The van der Waals surface area contributed by atoms with E-state index in [0.29, 0.717) is 35.5 Å². The molecular weight excluding hydrogens is 441 g/mol. The van der Waals surface area contributed by atoms with Crippen LogP contribution in [0, 0.1) is 26.6 Å². The topological polar surface area (TPSA) is 81.1 Å². The lowest BCUT2D eigenvalue weighted by Crippen LogP contribution is -2.50. The summed E-state index contributed by atoms with van der Waals surface area (Å²) in [6, 6.07) is 9.98. The summed E-state index contributed by atoms with van der Waals surface area (Å²) < 4.78 is 42.3. The smallest absolute Gasteiger partial charge is 0.242 e. The van der Waals surface area contributed by atoms with Gasteiger partial charge in [0.2, 0.25) is 5.91 Å². The normalized spacial score (nSPS) is 15.5. The lowest BCUT2D eigenvalue weighted by atomic mass is 10.1. The van der Waals surface area contributed by atoms with E-state index in [-0.39, 0.29) is 24.3 Å². The Hall–Kier alpha value is -3.00. The number of carbonyl (C=O) groups is 1. The highest BCUT2D eigenvalue weighted by molar-refractivity contribution is 7.93. The number of carbonyl (C=O) groups excluding carboxylic acids is 1. The Kier molecular flexibility index (Phi) is 6.14. The van der Waals surface area contributed by atoms with Crippen molar-refractivity contribution in [3.63, 3.8) is 0 Å². The summed E-state index contributed by atoms with van der Waals surface area (Å²) in [5, 5.41) is 2.78. The molecule has 1 aliphatic rings. The number of hydrogen-bond donors (Lipinski definition) is 1. The van der Waals surface area contributed by atoms with Crippen molar-refractivity contribution in [2.75, 3.05) is 0 Å². The SMILES string of the molecule is Cc1ccc(C)c(S(=O)(=O)C2(C(=O)NCc3ccc(-n4ccnc4C)c(F)c3)CCCC2)c1. The Morgan fingerprint density at radius 2 is 1.85 bits per heavy atom. The predicted molar refractivity (Wildman–Crippen MR) is 124 cm³/mol. The summed E-state index contributed by atoms with van der Waals surface area (Å²) in [5.74, 6) is -0.299. The molecule has 0 saturated heterocycles. The molecule has 1 amide bonds. The molecule has 1 saturated carbocycles. The van der Waals surface area contributed by atoms with Crippen molar-refractivity contribution in [3.05, 3.63) is 77.1 Å². The van der Waals surface area contributed by atoms with Gasteiger partial charge < -0.3 is 9.88 Å². The van der Waals surface area contributed by atoms with E-state index in [9.17, 15) is 17.6 Å². The van der Waals surface area contributed by atoms with E-state index in [2.05, 4.69) is 10.3 Å². The van der Waals surface area contributed by atoms with Crippen LogP contribution < -0.4 is 5.32 Å². The van der Waals surface area contributed by atoms with Crippen LogP contribution in [-0.4, -0.2) is 28.6 Å². The minimum absolute atomic E-state index is 0.0447. The van der Waals surface area contributed by atoms with Crippen LogP contribution in [0.4, 0.5) is 4.39 Å². The van der Waals surface area contributed by atoms with Crippen molar-refractivity contribution >= 4 is 15.7 Å². The third kappa shape index (κ3) is 4.08. The lowest BCUT2D eigenvalue weighted by Gasteiger charge is -2.28. The summed E-state index contributed by atoms with van der Waals surface area (Å²) in [6.07, 6.45) is 5.18. The molecule has 0 radical (unpaired) electrons. The maximum absolute atomic E-state index is 14.7. The molecule has 0 aliphatic heterocycles. The molecule has 1 heterocycles. The number of benzene rings is 2. The van der Waals surface area contributed by atoms with Crippen LogP contribution >= 0.6 is 0 Å². The molecule has 3 aromatic rings. The van der Waals surface area contributed by atoms with Gasteiger partial charge in [0.25, 0.3) is 0 Å². The summed E-state index contributed by atoms with van der Waals surface area (Å²) in [5.41, 5.74) is 2.38. The number of amides is 1. The molecule has 8 heteroatoms. The number of aromatic nitrogens is 2. The highest BCUT2D eigenvalue weighted by atomic mass is 32.2. The highest BCUT2D eigenvalue weighted by Gasteiger charge is 2.53. The molecule has 0 spiro atoms.